The summed E-state index contributed by atoms with van der Waals surface area (Å²) < 4.78 is 11.8. The van der Waals surface area contributed by atoms with Crippen molar-refractivity contribution >= 4 is 70.0 Å². The van der Waals surface area contributed by atoms with Gasteiger partial charge in [-0.25, -0.2) is 4.98 Å². The number of anilines is 2. The molecule has 0 radical (unpaired) electrons. The predicted octanol–water partition coefficient (Wildman–Crippen LogP) is 3.62. The molecular weight excluding hydrogens is 445 g/mol. The maximum Gasteiger partial charge on any atom is 0.302 e. The SMILES string of the molecule is CC(=O)OCCOCn1cnc2c(Cl)nc(N(C=O)c3cc(Cl)cc(Cl)c3)nc21. The maximum atomic E-state index is 11.7. The minimum Gasteiger partial charge on any atom is -0.463 e. The van der Waals surface area contributed by atoms with E-state index in [-0.39, 0.29) is 37.0 Å². The van der Waals surface area contributed by atoms with Gasteiger partial charge in [-0.3, -0.25) is 19.1 Å². The smallest absolute Gasteiger partial charge is 0.302 e. The number of hydrogen-bond acceptors (Lipinski definition) is 7. The van der Waals surface area contributed by atoms with Crippen molar-refractivity contribution in [3.05, 3.63) is 39.7 Å². The van der Waals surface area contributed by atoms with Gasteiger partial charge in [0.1, 0.15) is 18.9 Å². The van der Waals surface area contributed by atoms with Gasteiger partial charge in [-0.2, -0.15) is 9.97 Å². The van der Waals surface area contributed by atoms with Crippen molar-refractivity contribution in [3.8, 4) is 0 Å². The summed E-state index contributed by atoms with van der Waals surface area (Å²) in [6.07, 6.45) is 2.00. The number of benzene rings is 1. The van der Waals surface area contributed by atoms with Crippen LogP contribution in [-0.4, -0.2) is 45.1 Å². The predicted molar refractivity (Wildman–Crippen MR) is 108 cm³/mol. The van der Waals surface area contributed by atoms with Crippen molar-refractivity contribution in [1.82, 2.24) is 19.5 Å². The molecule has 0 aliphatic carbocycles. The molecule has 3 aromatic rings. The molecule has 29 heavy (non-hydrogen) atoms. The van der Waals surface area contributed by atoms with Gasteiger partial charge in [0.25, 0.3) is 0 Å². The van der Waals surface area contributed by atoms with Crippen molar-refractivity contribution in [1.29, 1.82) is 0 Å². The third-order valence-corrected chi connectivity index (χ3v) is 4.32. The van der Waals surface area contributed by atoms with Gasteiger partial charge in [0.2, 0.25) is 12.4 Å². The Bertz CT molecular complexity index is 1040. The number of rotatable bonds is 8. The number of hydrogen-bond donors (Lipinski definition) is 0. The van der Waals surface area contributed by atoms with Crippen LogP contribution in [-0.2, 0) is 25.8 Å². The van der Waals surface area contributed by atoms with Gasteiger partial charge in [0.15, 0.2) is 10.8 Å². The molecular formula is C17H14Cl3N5O4. The van der Waals surface area contributed by atoms with Gasteiger partial charge in [-0.1, -0.05) is 34.8 Å². The van der Waals surface area contributed by atoms with E-state index in [1.807, 2.05) is 0 Å². The van der Waals surface area contributed by atoms with E-state index in [4.69, 9.17) is 44.3 Å². The molecule has 0 aliphatic heterocycles. The average Bonchev–Trinajstić information content (AvgIpc) is 3.05. The molecule has 152 valence electrons. The van der Waals surface area contributed by atoms with Crippen LogP contribution >= 0.6 is 34.8 Å². The van der Waals surface area contributed by atoms with Crippen LogP contribution in [0.3, 0.4) is 0 Å². The van der Waals surface area contributed by atoms with E-state index >= 15 is 0 Å². The Morgan fingerprint density at radius 1 is 1.17 bits per heavy atom. The van der Waals surface area contributed by atoms with E-state index in [1.54, 1.807) is 16.7 Å². The Morgan fingerprint density at radius 2 is 1.90 bits per heavy atom. The monoisotopic (exact) mass is 457 g/mol. The standard InChI is InChI=1S/C17H14Cl3N5O4/c1-10(27)29-3-2-28-9-24-7-21-14-15(20)22-17(23-16(14)24)25(8-26)13-5-11(18)4-12(19)6-13/h4-8H,2-3,9H2,1H3. The lowest BCUT2D eigenvalue weighted by Crippen LogP contribution is -2.18. The summed E-state index contributed by atoms with van der Waals surface area (Å²) in [5, 5.41) is 0.749. The third-order valence-electron chi connectivity index (χ3n) is 3.62. The lowest BCUT2D eigenvalue weighted by molar-refractivity contribution is -0.142. The van der Waals surface area contributed by atoms with E-state index in [0.717, 1.165) is 4.90 Å². The molecule has 0 aliphatic rings. The largest absolute Gasteiger partial charge is 0.463 e. The fourth-order valence-corrected chi connectivity index (χ4v) is 3.13. The number of halogens is 3. The molecule has 1 amide bonds. The molecule has 1 aromatic carbocycles. The Labute approximate surface area is 180 Å². The molecule has 0 saturated heterocycles. The Kier molecular flexibility index (Phi) is 6.86. The molecule has 0 spiro atoms. The van der Waals surface area contributed by atoms with Gasteiger partial charge in [0, 0.05) is 17.0 Å². The van der Waals surface area contributed by atoms with Crippen molar-refractivity contribution in [2.24, 2.45) is 0 Å². The highest BCUT2D eigenvalue weighted by Crippen LogP contribution is 2.30. The second kappa shape index (κ2) is 9.36. The number of amides is 1. The first kappa shape index (κ1) is 21.3. The summed E-state index contributed by atoms with van der Waals surface area (Å²) in [7, 11) is 0. The minimum absolute atomic E-state index is 0.0116. The number of carbonyl (C=O) groups is 2. The topological polar surface area (TPSA) is 99.4 Å². The van der Waals surface area contributed by atoms with E-state index in [1.165, 1.54) is 19.3 Å². The summed E-state index contributed by atoms with van der Waals surface area (Å²) in [4.78, 5) is 36.3. The molecule has 9 nitrogen and oxygen atoms in total. The molecule has 0 N–H and O–H groups in total. The zero-order valence-electron chi connectivity index (χ0n) is 15.0. The van der Waals surface area contributed by atoms with Gasteiger partial charge < -0.3 is 9.47 Å². The molecule has 2 aromatic heterocycles. The lowest BCUT2D eigenvalue weighted by atomic mass is 10.3. The lowest BCUT2D eigenvalue weighted by Gasteiger charge is -2.16. The highest BCUT2D eigenvalue weighted by atomic mass is 35.5. The van der Waals surface area contributed by atoms with Gasteiger partial charge >= 0.3 is 5.97 Å². The van der Waals surface area contributed by atoms with Crippen molar-refractivity contribution in [2.45, 2.75) is 13.7 Å². The average molecular weight is 459 g/mol. The normalized spacial score (nSPS) is 10.9. The Hall–Kier alpha value is -2.46. The summed E-state index contributed by atoms with van der Waals surface area (Å²) >= 11 is 18.3. The third kappa shape index (κ3) is 5.13. The summed E-state index contributed by atoms with van der Waals surface area (Å²) in [6.45, 7) is 1.70. The number of imidazole rings is 1. The van der Waals surface area contributed by atoms with Crippen LogP contribution in [0, 0.1) is 0 Å². The fraction of sp³-hybridized carbons (Fsp3) is 0.235. The number of ether oxygens (including phenoxy) is 2. The van der Waals surface area contributed by atoms with Crippen molar-refractivity contribution in [3.63, 3.8) is 0 Å². The second-order valence-corrected chi connectivity index (χ2v) is 6.91. The summed E-state index contributed by atoms with van der Waals surface area (Å²) in [5.74, 6) is -0.376. The van der Waals surface area contributed by atoms with Crippen LogP contribution in [0.25, 0.3) is 11.2 Å². The van der Waals surface area contributed by atoms with Crippen molar-refractivity contribution in [2.75, 3.05) is 18.1 Å². The van der Waals surface area contributed by atoms with E-state index in [2.05, 4.69) is 15.0 Å². The van der Waals surface area contributed by atoms with Crippen LogP contribution in [0.5, 0.6) is 0 Å². The second-order valence-electron chi connectivity index (χ2n) is 5.68. The first-order valence-electron chi connectivity index (χ1n) is 8.19. The summed E-state index contributed by atoms with van der Waals surface area (Å²) in [5.41, 5.74) is 1.07. The number of carbonyl (C=O) groups excluding carboxylic acids is 2. The quantitative estimate of drug-likeness (QED) is 0.220. The number of esters is 1. The van der Waals surface area contributed by atoms with Crippen LogP contribution in [0.2, 0.25) is 15.2 Å². The Morgan fingerprint density at radius 3 is 2.55 bits per heavy atom. The van der Waals surface area contributed by atoms with Crippen LogP contribution < -0.4 is 4.90 Å². The van der Waals surface area contributed by atoms with E-state index in [9.17, 15) is 9.59 Å². The van der Waals surface area contributed by atoms with Gasteiger partial charge in [-0.05, 0) is 18.2 Å². The molecule has 12 heteroatoms. The zero-order valence-corrected chi connectivity index (χ0v) is 17.3. The van der Waals surface area contributed by atoms with Gasteiger partial charge in [0.05, 0.1) is 18.6 Å². The fourth-order valence-electron chi connectivity index (χ4n) is 2.41. The molecule has 0 fully saturated rings. The number of nitrogens with zero attached hydrogens (tertiary/aromatic N) is 5. The zero-order chi connectivity index (χ0) is 21.0. The van der Waals surface area contributed by atoms with Crippen LogP contribution in [0.4, 0.5) is 11.6 Å². The van der Waals surface area contributed by atoms with Gasteiger partial charge in [-0.15, -0.1) is 0 Å². The molecule has 3 rings (SSSR count). The number of fused-ring (bicyclic) bond motifs is 1. The molecule has 2 heterocycles. The summed E-state index contributed by atoms with van der Waals surface area (Å²) in [6, 6.07) is 4.62. The molecule has 0 atom stereocenters. The van der Waals surface area contributed by atoms with E-state index < -0.39 is 0 Å². The molecule has 0 bridgehead atoms. The van der Waals surface area contributed by atoms with E-state index in [0.29, 0.717) is 33.3 Å². The Balaban J connectivity index is 1.88. The molecule has 0 unspecified atom stereocenters. The molecule has 0 saturated carbocycles. The first-order valence-corrected chi connectivity index (χ1v) is 9.32. The highest BCUT2D eigenvalue weighted by molar-refractivity contribution is 6.35. The number of aromatic nitrogens is 4. The minimum atomic E-state index is -0.388. The maximum absolute atomic E-state index is 11.7. The highest BCUT2D eigenvalue weighted by Gasteiger charge is 2.18. The first-order chi connectivity index (χ1) is 13.9. The van der Waals surface area contributed by atoms with Crippen molar-refractivity contribution < 1.29 is 19.1 Å². The van der Waals surface area contributed by atoms with Crippen LogP contribution in [0.15, 0.2) is 24.5 Å². The van der Waals surface area contributed by atoms with Crippen LogP contribution in [0.1, 0.15) is 6.92 Å².